The Labute approximate surface area is 102 Å². The van der Waals surface area contributed by atoms with Crippen molar-refractivity contribution in [1.29, 1.82) is 0 Å². The number of unbranched alkanes of at least 4 members (excludes halogenated alkanes) is 2. The van der Waals surface area contributed by atoms with Crippen LogP contribution >= 0.6 is 0 Å². The van der Waals surface area contributed by atoms with Crippen molar-refractivity contribution in [3.05, 3.63) is 36.2 Å². The van der Waals surface area contributed by atoms with Crippen LogP contribution in [0.2, 0.25) is 0 Å². The lowest BCUT2D eigenvalue weighted by Gasteiger charge is -2.09. The molecular weight excluding hydrogens is 217 g/mol. The zero-order valence-electron chi connectivity index (χ0n) is 10.5. The molecule has 0 atom stereocenters. The SMILES string of the molecule is C/C=C/CCCCOc1cccc(NC)c1F. The molecule has 94 valence electrons. The predicted octanol–water partition coefficient (Wildman–Crippen LogP) is 3.99. The van der Waals surface area contributed by atoms with Crippen LogP contribution in [0.25, 0.3) is 0 Å². The third kappa shape index (κ3) is 4.47. The van der Waals surface area contributed by atoms with Crippen molar-refractivity contribution in [2.45, 2.75) is 26.2 Å². The Bertz CT molecular complexity index is 363. The second-order valence-corrected chi connectivity index (χ2v) is 3.78. The number of anilines is 1. The minimum Gasteiger partial charge on any atom is -0.490 e. The van der Waals surface area contributed by atoms with E-state index in [1.807, 2.05) is 13.0 Å². The van der Waals surface area contributed by atoms with Crippen LogP contribution in [0.5, 0.6) is 5.75 Å². The molecule has 0 amide bonds. The van der Waals surface area contributed by atoms with Gasteiger partial charge < -0.3 is 10.1 Å². The summed E-state index contributed by atoms with van der Waals surface area (Å²) in [6.45, 7) is 2.57. The molecule has 0 aliphatic heterocycles. The van der Waals surface area contributed by atoms with E-state index in [0.717, 1.165) is 19.3 Å². The monoisotopic (exact) mass is 237 g/mol. The van der Waals surface area contributed by atoms with E-state index >= 15 is 0 Å². The van der Waals surface area contributed by atoms with Gasteiger partial charge >= 0.3 is 0 Å². The summed E-state index contributed by atoms with van der Waals surface area (Å²) in [6, 6.07) is 5.13. The zero-order valence-corrected chi connectivity index (χ0v) is 10.5. The Hall–Kier alpha value is -1.51. The first-order chi connectivity index (χ1) is 8.29. The predicted molar refractivity (Wildman–Crippen MR) is 70.1 cm³/mol. The van der Waals surface area contributed by atoms with Gasteiger partial charge in [-0.15, -0.1) is 0 Å². The molecule has 0 saturated heterocycles. The largest absolute Gasteiger partial charge is 0.490 e. The Balaban J connectivity index is 2.36. The van der Waals surface area contributed by atoms with E-state index in [2.05, 4.69) is 11.4 Å². The Morgan fingerprint density at radius 1 is 1.35 bits per heavy atom. The van der Waals surface area contributed by atoms with Gasteiger partial charge in [-0.05, 0) is 38.3 Å². The van der Waals surface area contributed by atoms with Gasteiger partial charge in [0.2, 0.25) is 0 Å². The van der Waals surface area contributed by atoms with Crippen molar-refractivity contribution >= 4 is 5.69 Å². The number of ether oxygens (including phenoxy) is 1. The molecule has 17 heavy (non-hydrogen) atoms. The molecule has 0 unspecified atom stereocenters. The number of hydrogen-bond donors (Lipinski definition) is 1. The van der Waals surface area contributed by atoms with E-state index in [1.165, 1.54) is 0 Å². The van der Waals surface area contributed by atoms with E-state index in [1.54, 1.807) is 25.2 Å². The van der Waals surface area contributed by atoms with E-state index in [-0.39, 0.29) is 5.82 Å². The number of halogens is 1. The van der Waals surface area contributed by atoms with Gasteiger partial charge in [-0.1, -0.05) is 18.2 Å². The molecule has 0 radical (unpaired) electrons. The first-order valence-corrected chi connectivity index (χ1v) is 5.99. The van der Waals surface area contributed by atoms with Crippen molar-refractivity contribution in [2.24, 2.45) is 0 Å². The van der Waals surface area contributed by atoms with E-state index in [0.29, 0.717) is 18.0 Å². The summed E-state index contributed by atoms with van der Waals surface area (Å²) >= 11 is 0. The summed E-state index contributed by atoms with van der Waals surface area (Å²) in [5.74, 6) is 0.00587. The fourth-order valence-electron chi connectivity index (χ4n) is 1.53. The molecule has 0 aliphatic rings. The topological polar surface area (TPSA) is 21.3 Å². The van der Waals surface area contributed by atoms with Gasteiger partial charge in [-0.25, -0.2) is 4.39 Å². The van der Waals surface area contributed by atoms with Gasteiger partial charge in [-0.3, -0.25) is 0 Å². The number of hydrogen-bond acceptors (Lipinski definition) is 2. The maximum atomic E-state index is 13.7. The molecule has 1 N–H and O–H groups in total. The summed E-state index contributed by atoms with van der Waals surface area (Å²) in [7, 11) is 1.69. The normalized spacial score (nSPS) is 10.8. The average Bonchev–Trinajstić information content (AvgIpc) is 2.35. The van der Waals surface area contributed by atoms with Crippen LogP contribution in [0.15, 0.2) is 30.4 Å². The molecule has 1 rings (SSSR count). The number of allylic oxidation sites excluding steroid dienone is 2. The van der Waals surface area contributed by atoms with Crippen molar-refractivity contribution in [1.82, 2.24) is 0 Å². The standard InChI is InChI=1S/C14H20FNO/c1-3-4-5-6-7-11-17-13-10-8-9-12(16-2)14(13)15/h3-4,8-10,16H,5-7,11H2,1-2H3/b4-3+. The Kier molecular flexibility index (Phi) is 6.15. The minimum absolute atomic E-state index is 0.316. The third-order valence-corrected chi connectivity index (χ3v) is 2.49. The number of nitrogens with one attached hydrogen (secondary N) is 1. The maximum Gasteiger partial charge on any atom is 0.188 e. The first-order valence-electron chi connectivity index (χ1n) is 5.99. The second-order valence-electron chi connectivity index (χ2n) is 3.78. The maximum absolute atomic E-state index is 13.7. The van der Waals surface area contributed by atoms with Crippen molar-refractivity contribution in [3.63, 3.8) is 0 Å². The molecule has 1 aromatic rings. The van der Waals surface area contributed by atoms with Crippen molar-refractivity contribution in [2.75, 3.05) is 19.0 Å². The lowest BCUT2D eigenvalue weighted by molar-refractivity contribution is 0.293. The summed E-state index contributed by atoms with van der Waals surface area (Å²) in [4.78, 5) is 0. The molecule has 1 aromatic carbocycles. The van der Waals surface area contributed by atoms with Gasteiger partial charge in [0, 0.05) is 7.05 Å². The van der Waals surface area contributed by atoms with Crippen LogP contribution in [0.4, 0.5) is 10.1 Å². The Morgan fingerprint density at radius 3 is 2.88 bits per heavy atom. The lowest BCUT2D eigenvalue weighted by atomic mass is 10.2. The molecular formula is C14H20FNO. The summed E-state index contributed by atoms with van der Waals surface area (Å²) < 4.78 is 19.1. The van der Waals surface area contributed by atoms with Gasteiger partial charge in [0.1, 0.15) is 0 Å². The van der Waals surface area contributed by atoms with Crippen LogP contribution in [-0.2, 0) is 0 Å². The molecule has 0 aliphatic carbocycles. The van der Waals surface area contributed by atoms with Crippen LogP contribution in [0.3, 0.4) is 0 Å². The highest BCUT2D eigenvalue weighted by atomic mass is 19.1. The molecule has 0 aromatic heterocycles. The first kappa shape index (κ1) is 13.6. The molecule has 0 saturated carbocycles. The van der Waals surface area contributed by atoms with Crippen molar-refractivity contribution < 1.29 is 9.13 Å². The van der Waals surface area contributed by atoms with E-state index < -0.39 is 0 Å². The summed E-state index contributed by atoms with van der Waals surface area (Å²) in [5.41, 5.74) is 0.469. The molecule has 3 heteroatoms. The highest BCUT2D eigenvalue weighted by molar-refractivity contribution is 5.49. The highest BCUT2D eigenvalue weighted by Gasteiger charge is 2.06. The smallest absolute Gasteiger partial charge is 0.188 e. The summed E-state index contributed by atoms with van der Waals surface area (Å²) in [5, 5.41) is 2.79. The zero-order chi connectivity index (χ0) is 12.5. The van der Waals surface area contributed by atoms with Crippen LogP contribution in [0, 0.1) is 5.82 Å². The van der Waals surface area contributed by atoms with Gasteiger partial charge in [-0.2, -0.15) is 0 Å². The third-order valence-electron chi connectivity index (χ3n) is 2.49. The molecule has 0 fully saturated rings. The van der Waals surface area contributed by atoms with Crippen molar-refractivity contribution in [3.8, 4) is 5.75 Å². The molecule has 0 bridgehead atoms. The van der Waals surface area contributed by atoms with E-state index in [9.17, 15) is 4.39 Å². The number of rotatable bonds is 7. The fourth-order valence-corrected chi connectivity index (χ4v) is 1.53. The van der Waals surface area contributed by atoms with E-state index in [4.69, 9.17) is 4.74 Å². The quantitative estimate of drug-likeness (QED) is 0.572. The van der Waals surface area contributed by atoms with Crippen LogP contribution in [0.1, 0.15) is 26.2 Å². The molecule has 2 nitrogen and oxygen atoms in total. The van der Waals surface area contributed by atoms with Crippen LogP contribution in [-0.4, -0.2) is 13.7 Å². The highest BCUT2D eigenvalue weighted by Crippen LogP contribution is 2.24. The second kappa shape index (κ2) is 7.71. The summed E-state index contributed by atoms with van der Waals surface area (Å²) in [6.07, 6.45) is 7.23. The van der Waals surface area contributed by atoms with Gasteiger partial charge in [0.25, 0.3) is 0 Å². The number of benzene rings is 1. The molecule has 0 spiro atoms. The van der Waals surface area contributed by atoms with Gasteiger partial charge in [0.05, 0.1) is 12.3 Å². The van der Waals surface area contributed by atoms with Crippen LogP contribution < -0.4 is 10.1 Å². The molecule has 0 heterocycles. The van der Waals surface area contributed by atoms with Gasteiger partial charge in [0.15, 0.2) is 11.6 Å². The lowest BCUT2D eigenvalue weighted by Crippen LogP contribution is -2.01. The fraction of sp³-hybridized carbons (Fsp3) is 0.429. The Morgan fingerprint density at radius 2 is 2.18 bits per heavy atom. The average molecular weight is 237 g/mol. The minimum atomic E-state index is -0.316.